The van der Waals surface area contributed by atoms with Crippen molar-refractivity contribution < 1.29 is 14.6 Å². The minimum Gasteiger partial charge on any atom is -0.444 e. The topological polar surface area (TPSA) is 49.8 Å². The SMILES string of the molecule is C[C@H]1CN(C(=O)OC(C)(C)C)CCC1O. The van der Waals surface area contributed by atoms with Crippen LogP contribution >= 0.6 is 0 Å². The van der Waals surface area contributed by atoms with Crippen LogP contribution in [0, 0.1) is 5.92 Å². The third-order valence-corrected chi connectivity index (χ3v) is 2.51. The van der Waals surface area contributed by atoms with Gasteiger partial charge in [-0.1, -0.05) is 6.92 Å². The van der Waals surface area contributed by atoms with Crippen molar-refractivity contribution in [3.8, 4) is 0 Å². The summed E-state index contributed by atoms with van der Waals surface area (Å²) in [5.41, 5.74) is -0.448. The van der Waals surface area contributed by atoms with Gasteiger partial charge in [-0.25, -0.2) is 4.79 Å². The number of hydrogen-bond acceptors (Lipinski definition) is 3. The monoisotopic (exact) mass is 215 g/mol. The molecule has 1 unspecified atom stereocenters. The summed E-state index contributed by atoms with van der Waals surface area (Å²) in [5.74, 6) is 0.131. The van der Waals surface area contributed by atoms with E-state index < -0.39 is 5.60 Å². The molecule has 0 aromatic carbocycles. The molecule has 2 atom stereocenters. The number of aliphatic hydroxyl groups is 1. The van der Waals surface area contributed by atoms with Crippen LogP contribution in [0.4, 0.5) is 4.79 Å². The van der Waals surface area contributed by atoms with E-state index in [1.54, 1.807) is 4.90 Å². The van der Waals surface area contributed by atoms with Gasteiger partial charge in [0.1, 0.15) is 5.60 Å². The molecule has 0 aromatic rings. The number of hydrogen-bond donors (Lipinski definition) is 1. The van der Waals surface area contributed by atoms with Crippen LogP contribution in [0.1, 0.15) is 34.1 Å². The van der Waals surface area contributed by atoms with Crippen LogP contribution in [0.25, 0.3) is 0 Å². The molecule has 1 aliphatic heterocycles. The summed E-state index contributed by atoms with van der Waals surface area (Å²) in [7, 11) is 0. The van der Waals surface area contributed by atoms with E-state index in [1.165, 1.54) is 0 Å². The van der Waals surface area contributed by atoms with Gasteiger partial charge >= 0.3 is 6.09 Å². The zero-order chi connectivity index (χ0) is 11.6. The highest BCUT2D eigenvalue weighted by molar-refractivity contribution is 5.68. The number of carbonyl (C=O) groups excluding carboxylic acids is 1. The molecule has 1 amide bonds. The summed E-state index contributed by atoms with van der Waals surface area (Å²) < 4.78 is 5.27. The molecular weight excluding hydrogens is 194 g/mol. The van der Waals surface area contributed by atoms with Gasteiger partial charge in [0, 0.05) is 13.1 Å². The fourth-order valence-corrected chi connectivity index (χ4v) is 1.63. The molecule has 0 aromatic heterocycles. The van der Waals surface area contributed by atoms with Gasteiger partial charge in [0.2, 0.25) is 0 Å². The van der Waals surface area contributed by atoms with E-state index in [4.69, 9.17) is 4.74 Å². The first kappa shape index (κ1) is 12.3. The van der Waals surface area contributed by atoms with Crippen LogP contribution in [0.3, 0.4) is 0 Å². The first-order chi connectivity index (χ1) is 6.79. The molecule has 0 saturated carbocycles. The molecule has 1 rings (SSSR count). The fraction of sp³-hybridized carbons (Fsp3) is 0.909. The molecule has 4 nitrogen and oxygen atoms in total. The number of nitrogens with zero attached hydrogens (tertiary/aromatic N) is 1. The minimum atomic E-state index is -0.448. The van der Waals surface area contributed by atoms with Crippen molar-refractivity contribution in [2.75, 3.05) is 13.1 Å². The lowest BCUT2D eigenvalue weighted by molar-refractivity contribution is -0.00488. The molecule has 1 aliphatic rings. The molecule has 4 heteroatoms. The highest BCUT2D eigenvalue weighted by atomic mass is 16.6. The van der Waals surface area contributed by atoms with Gasteiger partial charge in [-0.15, -0.1) is 0 Å². The second-order valence-electron chi connectivity index (χ2n) is 5.26. The summed E-state index contributed by atoms with van der Waals surface area (Å²) in [6.45, 7) is 8.67. The molecule has 1 heterocycles. The predicted molar refractivity (Wildman–Crippen MR) is 57.6 cm³/mol. The number of piperidine rings is 1. The molecule has 1 saturated heterocycles. The highest BCUT2D eigenvalue weighted by Crippen LogP contribution is 2.19. The Balaban J connectivity index is 2.48. The lowest BCUT2D eigenvalue weighted by Crippen LogP contribution is -2.46. The maximum absolute atomic E-state index is 11.7. The van der Waals surface area contributed by atoms with E-state index >= 15 is 0 Å². The maximum atomic E-state index is 11.7. The fourth-order valence-electron chi connectivity index (χ4n) is 1.63. The van der Waals surface area contributed by atoms with E-state index in [1.807, 2.05) is 27.7 Å². The lowest BCUT2D eigenvalue weighted by atomic mass is 9.97. The largest absolute Gasteiger partial charge is 0.444 e. The van der Waals surface area contributed by atoms with Gasteiger partial charge < -0.3 is 14.7 Å². The lowest BCUT2D eigenvalue weighted by Gasteiger charge is -2.35. The van der Waals surface area contributed by atoms with Crippen LogP contribution in [-0.4, -0.2) is 40.9 Å². The molecule has 1 fully saturated rings. The van der Waals surface area contributed by atoms with Crippen molar-refractivity contribution in [2.24, 2.45) is 5.92 Å². The molecule has 1 N–H and O–H groups in total. The van der Waals surface area contributed by atoms with Crippen molar-refractivity contribution in [3.05, 3.63) is 0 Å². The summed E-state index contributed by atoms with van der Waals surface area (Å²) >= 11 is 0. The maximum Gasteiger partial charge on any atom is 0.410 e. The molecule has 0 aliphatic carbocycles. The average molecular weight is 215 g/mol. The molecular formula is C11H21NO3. The molecule has 88 valence electrons. The van der Waals surface area contributed by atoms with Crippen molar-refractivity contribution in [1.82, 2.24) is 4.90 Å². The third-order valence-electron chi connectivity index (χ3n) is 2.51. The van der Waals surface area contributed by atoms with E-state index in [2.05, 4.69) is 0 Å². The van der Waals surface area contributed by atoms with Crippen LogP contribution in [-0.2, 0) is 4.74 Å². The van der Waals surface area contributed by atoms with Crippen molar-refractivity contribution in [3.63, 3.8) is 0 Å². The molecule has 15 heavy (non-hydrogen) atoms. The van der Waals surface area contributed by atoms with Gasteiger partial charge in [-0.2, -0.15) is 0 Å². The number of carbonyl (C=O) groups is 1. The van der Waals surface area contributed by atoms with E-state index in [-0.39, 0.29) is 18.1 Å². The minimum absolute atomic E-state index is 0.131. The number of rotatable bonds is 0. The second-order valence-corrected chi connectivity index (χ2v) is 5.26. The van der Waals surface area contributed by atoms with Crippen molar-refractivity contribution >= 4 is 6.09 Å². The number of ether oxygens (including phenoxy) is 1. The Morgan fingerprint density at radius 3 is 2.53 bits per heavy atom. The van der Waals surface area contributed by atoms with Crippen LogP contribution in [0.2, 0.25) is 0 Å². The van der Waals surface area contributed by atoms with Gasteiger partial charge in [-0.05, 0) is 33.1 Å². The smallest absolute Gasteiger partial charge is 0.410 e. The number of likely N-dealkylation sites (tertiary alicyclic amines) is 1. The zero-order valence-corrected chi connectivity index (χ0v) is 9.99. The van der Waals surface area contributed by atoms with E-state index in [0.717, 1.165) is 0 Å². The summed E-state index contributed by atoms with van der Waals surface area (Å²) in [4.78, 5) is 13.4. The Hall–Kier alpha value is -0.770. The zero-order valence-electron chi connectivity index (χ0n) is 9.99. The van der Waals surface area contributed by atoms with Crippen molar-refractivity contribution in [1.29, 1.82) is 0 Å². The Morgan fingerprint density at radius 2 is 2.07 bits per heavy atom. The third kappa shape index (κ3) is 3.70. The normalized spacial score (nSPS) is 27.7. The number of aliphatic hydroxyl groups excluding tert-OH is 1. The van der Waals surface area contributed by atoms with Crippen LogP contribution in [0.15, 0.2) is 0 Å². The standard InChI is InChI=1S/C11H21NO3/c1-8-7-12(6-5-9(8)13)10(14)15-11(2,3)4/h8-9,13H,5-7H2,1-4H3/t8-,9?/m0/s1. The highest BCUT2D eigenvalue weighted by Gasteiger charge is 2.29. The first-order valence-corrected chi connectivity index (χ1v) is 5.45. The first-order valence-electron chi connectivity index (χ1n) is 5.45. The van der Waals surface area contributed by atoms with E-state index in [9.17, 15) is 9.90 Å². The van der Waals surface area contributed by atoms with Gasteiger partial charge in [0.25, 0.3) is 0 Å². The number of amides is 1. The van der Waals surface area contributed by atoms with E-state index in [0.29, 0.717) is 19.5 Å². The Morgan fingerprint density at radius 1 is 1.47 bits per heavy atom. The van der Waals surface area contributed by atoms with Gasteiger partial charge in [-0.3, -0.25) is 0 Å². The van der Waals surface area contributed by atoms with Crippen LogP contribution < -0.4 is 0 Å². The molecule has 0 radical (unpaired) electrons. The van der Waals surface area contributed by atoms with Crippen molar-refractivity contribution in [2.45, 2.75) is 45.8 Å². The van der Waals surface area contributed by atoms with Crippen LogP contribution in [0.5, 0.6) is 0 Å². The molecule has 0 bridgehead atoms. The second kappa shape index (κ2) is 4.39. The quantitative estimate of drug-likeness (QED) is 0.668. The average Bonchev–Trinajstić information content (AvgIpc) is 2.06. The summed E-state index contributed by atoms with van der Waals surface area (Å²) in [6.07, 6.45) is 0.0744. The Kier molecular flexibility index (Phi) is 3.60. The van der Waals surface area contributed by atoms with Gasteiger partial charge in [0.15, 0.2) is 0 Å². The Bertz CT molecular complexity index is 234. The summed E-state index contributed by atoms with van der Waals surface area (Å²) in [6, 6.07) is 0. The summed E-state index contributed by atoms with van der Waals surface area (Å²) in [5, 5.41) is 9.53. The Labute approximate surface area is 91.2 Å². The van der Waals surface area contributed by atoms with Gasteiger partial charge in [0.05, 0.1) is 6.10 Å². The molecule has 0 spiro atoms. The predicted octanol–water partition coefficient (Wildman–Crippen LogP) is 1.62.